The molecule has 0 saturated heterocycles. The van der Waals surface area contributed by atoms with Crippen molar-refractivity contribution in [2.24, 2.45) is 5.73 Å². The molecule has 1 aromatic carbocycles. The van der Waals surface area contributed by atoms with Crippen molar-refractivity contribution in [2.45, 2.75) is 31.2 Å². The summed E-state index contributed by atoms with van der Waals surface area (Å²) in [6.45, 7) is 1.08. The maximum atomic E-state index is 11.2. The fourth-order valence-corrected chi connectivity index (χ4v) is 2.76. The van der Waals surface area contributed by atoms with E-state index in [1.807, 2.05) is 0 Å². The molecule has 0 aromatic heterocycles. The number of ether oxygens (including phenoxy) is 3. The van der Waals surface area contributed by atoms with E-state index >= 15 is 0 Å². The van der Waals surface area contributed by atoms with E-state index in [1.54, 1.807) is 0 Å². The van der Waals surface area contributed by atoms with Crippen LogP contribution < -0.4 is 19.9 Å². The first-order chi connectivity index (χ1) is 10.1. The highest BCUT2D eigenvalue weighted by molar-refractivity contribution is 5.58. The quantitative estimate of drug-likeness (QED) is 0.674. The number of nitro benzene ring substituents is 1. The van der Waals surface area contributed by atoms with Gasteiger partial charge < -0.3 is 19.9 Å². The van der Waals surface area contributed by atoms with Crippen molar-refractivity contribution in [3.63, 3.8) is 0 Å². The van der Waals surface area contributed by atoms with Gasteiger partial charge in [0.05, 0.1) is 16.5 Å². The molecular formula is C14H18N2O5. The summed E-state index contributed by atoms with van der Waals surface area (Å²) in [6.07, 6.45) is 3.91. The van der Waals surface area contributed by atoms with Crippen molar-refractivity contribution in [3.8, 4) is 17.2 Å². The van der Waals surface area contributed by atoms with Gasteiger partial charge in [-0.2, -0.15) is 0 Å². The topological polar surface area (TPSA) is 96.9 Å². The standard InChI is InChI=1S/C14H18N2O5/c15-14(3-1-2-4-14)9-21-11-8-13-12(19-5-6-20-13)7-10(11)16(17)18/h7-8H,1-6,9,15H2. The molecule has 1 saturated carbocycles. The molecule has 1 heterocycles. The lowest BCUT2D eigenvalue weighted by Crippen LogP contribution is -2.42. The Kier molecular flexibility index (Phi) is 3.59. The van der Waals surface area contributed by atoms with Crippen LogP contribution in [0.5, 0.6) is 17.2 Å². The van der Waals surface area contributed by atoms with E-state index in [9.17, 15) is 10.1 Å². The lowest BCUT2D eigenvalue weighted by atomic mass is 10.0. The second kappa shape index (κ2) is 5.40. The van der Waals surface area contributed by atoms with E-state index in [4.69, 9.17) is 19.9 Å². The molecule has 21 heavy (non-hydrogen) atoms. The van der Waals surface area contributed by atoms with Crippen LogP contribution in [0.1, 0.15) is 25.7 Å². The highest BCUT2D eigenvalue weighted by Gasteiger charge is 2.32. The number of nitrogens with zero attached hydrogens (tertiary/aromatic N) is 1. The minimum absolute atomic E-state index is 0.124. The first-order valence-corrected chi connectivity index (χ1v) is 7.07. The Hall–Kier alpha value is -2.02. The number of rotatable bonds is 4. The van der Waals surface area contributed by atoms with E-state index < -0.39 is 4.92 Å². The highest BCUT2D eigenvalue weighted by Crippen LogP contribution is 2.41. The van der Waals surface area contributed by atoms with Gasteiger partial charge in [0.2, 0.25) is 5.75 Å². The van der Waals surface area contributed by atoms with Gasteiger partial charge in [0.1, 0.15) is 19.8 Å². The summed E-state index contributed by atoms with van der Waals surface area (Å²) in [5, 5.41) is 11.2. The SMILES string of the molecule is NC1(COc2cc3c(cc2[N+](=O)[O-])OCCO3)CCCC1. The van der Waals surface area contributed by atoms with E-state index in [2.05, 4.69) is 0 Å². The average Bonchev–Trinajstić information content (AvgIpc) is 2.91. The van der Waals surface area contributed by atoms with Crippen LogP contribution in [0.3, 0.4) is 0 Å². The van der Waals surface area contributed by atoms with Crippen LogP contribution in [0, 0.1) is 10.1 Å². The summed E-state index contributed by atoms with van der Waals surface area (Å²) in [4.78, 5) is 10.7. The van der Waals surface area contributed by atoms with Crippen LogP contribution in [0.15, 0.2) is 12.1 Å². The number of hydrogen-bond donors (Lipinski definition) is 1. The molecule has 0 radical (unpaired) electrons. The normalized spacial score (nSPS) is 19.3. The fraction of sp³-hybridized carbons (Fsp3) is 0.571. The zero-order chi connectivity index (χ0) is 14.9. The summed E-state index contributed by atoms with van der Waals surface area (Å²) in [6, 6.07) is 2.87. The summed E-state index contributed by atoms with van der Waals surface area (Å²) in [7, 11) is 0. The van der Waals surface area contributed by atoms with E-state index in [1.165, 1.54) is 12.1 Å². The van der Waals surface area contributed by atoms with Gasteiger partial charge in [-0.05, 0) is 12.8 Å². The molecule has 0 atom stereocenters. The van der Waals surface area contributed by atoms with Gasteiger partial charge in [-0.1, -0.05) is 12.8 Å². The molecule has 1 aromatic rings. The molecule has 114 valence electrons. The molecule has 3 rings (SSSR count). The van der Waals surface area contributed by atoms with Gasteiger partial charge in [-0.3, -0.25) is 10.1 Å². The molecule has 1 fully saturated rings. The maximum absolute atomic E-state index is 11.2. The predicted octanol–water partition coefficient (Wildman–Crippen LogP) is 2.02. The van der Waals surface area contributed by atoms with Gasteiger partial charge in [0.25, 0.3) is 0 Å². The summed E-state index contributed by atoms with van der Waals surface area (Å²) in [5.74, 6) is 1.03. The summed E-state index contributed by atoms with van der Waals surface area (Å²) >= 11 is 0. The minimum Gasteiger partial charge on any atom is -0.486 e. The van der Waals surface area contributed by atoms with Crippen LogP contribution in [0.4, 0.5) is 5.69 Å². The third-order valence-corrected chi connectivity index (χ3v) is 3.93. The molecule has 2 aliphatic rings. The lowest BCUT2D eigenvalue weighted by molar-refractivity contribution is -0.386. The van der Waals surface area contributed by atoms with Crippen LogP contribution >= 0.6 is 0 Å². The minimum atomic E-state index is -0.481. The second-order valence-corrected chi connectivity index (χ2v) is 5.58. The number of benzene rings is 1. The largest absolute Gasteiger partial charge is 0.486 e. The number of hydrogen-bond acceptors (Lipinski definition) is 6. The van der Waals surface area contributed by atoms with Gasteiger partial charge in [-0.25, -0.2) is 0 Å². The van der Waals surface area contributed by atoms with Crippen LogP contribution in [-0.4, -0.2) is 30.3 Å². The van der Waals surface area contributed by atoms with Crippen LogP contribution in [-0.2, 0) is 0 Å². The molecular weight excluding hydrogens is 276 g/mol. The highest BCUT2D eigenvalue weighted by atomic mass is 16.6. The van der Waals surface area contributed by atoms with E-state index in [-0.39, 0.29) is 23.6 Å². The Morgan fingerprint density at radius 3 is 2.48 bits per heavy atom. The Labute approximate surface area is 122 Å². The van der Waals surface area contributed by atoms with Crippen LogP contribution in [0.2, 0.25) is 0 Å². The molecule has 0 unspecified atom stereocenters. The van der Waals surface area contributed by atoms with Crippen molar-refractivity contribution in [1.82, 2.24) is 0 Å². The van der Waals surface area contributed by atoms with Gasteiger partial charge >= 0.3 is 5.69 Å². The monoisotopic (exact) mass is 294 g/mol. The van der Waals surface area contributed by atoms with Crippen LogP contribution in [0.25, 0.3) is 0 Å². The third-order valence-electron chi connectivity index (χ3n) is 3.93. The fourth-order valence-electron chi connectivity index (χ4n) is 2.76. The number of nitro groups is 1. The summed E-state index contributed by atoms with van der Waals surface area (Å²) in [5.41, 5.74) is 5.71. The molecule has 1 aliphatic heterocycles. The smallest absolute Gasteiger partial charge is 0.314 e. The Morgan fingerprint density at radius 1 is 1.24 bits per heavy atom. The Balaban J connectivity index is 1.84. The molecule has 7 heteroatoms. The molecule has 2 N–H and O–H groups in total. The van der Waals surface area contributed by atoms with Gasteiger partial charge in [-0.15, -0.1) is 0 Å². The molecule has 1 aliphatic carbocycles. The maximum Gasteiger partial charge on any atom is 0.314 e. The van der Waals surface area contributed by atoms with E-state index in [0.29, 0.717) is 24.7 Å². The van der Waals surface area contributed by atoms with Crippen molar-refractivity contribution < 1.29 is 19.1 Å². The van der Waals surface area contributed by atoms with Gasteiger partial charge in [0.15, 0.2) is 11.5 Å². The Bertz CT molecular complexity index is 555. The average molecular weight is 294 g/mol. The molecule has 0 bridgehead atoms. The zero-order valence-corrected chi connectivity index (χ0v) is 11.7. The third kappa shape index (κ3) is 2.87. The lowest BCUT2D eigenvalue weighted by Gasteiger charge is -2.24. The summed E-state index contributed by atoms with van der Waals surface area (Å²) < 4.78 is 16.4. The van der Waals surface area contributed by atoms with Gasteiger partial charge in [0, 0.05) is 6.07 Å². The van der Waals surface area contributed by atoms with Crippen molar-refractivity contribution >= 4 is 5.69 Å². The zero-order valence-electron chi connectivity index (χ0n) is 11.7. The first kappa shape index (κ1) is 13.9. The Morgan fingerprint density at radius 2 is 1.86 bits per heavy atom. The number of nitrogens with two attached hydrogens (primary N) is 1. The first-order valence-electron chi connectivity index (χ1n) is 7.07. The molecule has 0 amide bonds. The molecule has 7 nitrogen and oxygen atoms in total. The van der Waals surface area contributed by atoms with Crippen molar-refractivity contribution in [3.05, 3.63) is 22.2 Å². The molecule has 0 spiro atoms. The number of fused-ring (bicyclic) bond motifs is 1. The second-order valence-electron chi connectivity index (χ2n) is 5.58. The van der Waals surface area contributed by atoms with Crippen molar-refractivity contribution in [2.75, 3.05) is 19.8 Å². The van der Waals surface area contributed by atoms with E-state index in [0.717, 1.165) is 25.7 Å². The predicted molar refractivity (Wildman–Crippen MR) is 75.0 cm³/mol. The van der Waals surface area contributed by atoms with Crippen molar-refractivity contribution in [1.29, 1.82) is 0 Å².